The zero-order valence-electron chi connectivity index (χ0n) is 13.1. The summed E-state index contributed by atoms with van der Waals surface area (Å²) in [5.74, 6) is 2.55. The predicted octanol–water partition coefficient (Wildman–Crippen LogP) is 3.19. The summed E-state index contributed by atoms with van der Waals surface area (Å²) >= 11 is 1.73. The third-order valence-electron chi connectivity index (χ3n) is 4.13. The van der Waals surface area contributed by atoms with Gasteiger partial charge in [0.15, 0.2) is 11.5 Å². The molecule has 0 fully saturated rings. The SMILES string of the molecule is OC[C@@H](Cc1cccs1)Cn1ccnc1-c1ccc2c(c1)OCO2. The molecule has 0 aliphatic carbocycles. The summed E-state index contributed by atoms with van der Waals surface area (Å²) in [5, 5.41) is 11.8. The molecule has 0 saturated carbocycles. The van der Waals surface area contributed by atoms with Crippen LogP contribution in [0.2, 0.25) is 0 Å². The van der Waals surface area contributed by atoms with E-state index in [2.05, 4.69) is 21.0 Å². The summed E-state index contributed by atoms with van der Waals surface area (Å²) < 4.78 is 12.9. The van der Waals surface area contributed by atoms with E-state index < -0.39 is 0 Å². The molecule has 0 radical (unpaired) electrons. The van der Waals surface area contributed by atoms with Gasteiger partial charge in [-0.3, -0.25) is 0 Å². The van der Waals surface area contributed by atoms with Gasteiger partial charge in [0.05, 0.1) is 0 Å². The fraction of sp³-hybridized carbons (Fsp3) is 0.278. The van der Waals surface area contributed by atoms with Crippen LogP contribution in [-0.4, -0.2) is 28.1 Å². The van der Waals surface area contributed by atoms with Crippen LogP contribution in [-0.2, 0) is 13.0 Å². The van der Waals surface area contributed by atoms with Crippen LogP contribution in [0.15, 0.2) is 48.1 Å². The van der Waals surface area contributed by atoms with Gasteiger partial charge in [0.1, 0.15) is 5.82 Å². The molecule has 4 rings (SSSR count). The van der Waals surface area contributed by atoms with Crippen LogP contribution in [0.4, 0.5) is 0 Å². The number of nitrogens with zero attached hydrogens (tertiary/aromatic N) is 2. The molecular formula is C18H18N2O3S. The van der Waals surface area contributed by atoms with E-state index >= 15 is 0 Å². The number of aromatic nitrogens is 2. The molecule has 1 atom stereocenters. The van der Waals surface area contributed by atoms with Crippen molar-refractivity contribution in [3.05, 3.63) is 53.0 Å². The van der Waals surface area contributed by atoms with Gasteiger partial charge in [-0.15, -0.1) is 11.3 Å². The van der Waals surface area contributed by atoms with Crippen molar-refractivity contribution in [2.24, 2.45) is 5.92 Å². The number of hydrogen-bond acceptors (Lipinski definition) is 5. The Morgan fingerprint density at radius 3 is 3.00 bits per heavy atom. The van der Waals surface area contributed by atoms with E-state index in [1.54, 1.807) is 17.5 Å². The van der Waals surface area contributed by atoms with Gasteiger partial charge in [-0.1, -0.05) is 6.07 Å². The Morgan fingerprint density at radius 2 is 2.17 bits per heavy atom. The zero-order valence-corrected chi connectivity index (χ0v) is 13.9. The molecule has 6 heteroatoms. The Kier molecular flexibility index (Phi) is 4.23. The Hall–Kier alpha value is -2.31. The Bertz CT molecular complexity index is 814. The number of benzene rings is 1. The lowest BCUT2D eigenvalue weighted by Crippen LogP contribution is -2.17. The largest absolute Gasteiger partial charge is 0.454 e. The number of ether oxygens (including phenoxy) is 2. The van der Waals surface area contributed by atoms with Gasteiger partial charge in [-0.25, -0.2) is 4.98 Å². The summed E-state index contributed by atoms with van der Waals surface area (Å²) in [4.78, 5) is 5.77. The molecule has 0 spiro atoms. The monoisotopic (exact) mass is 342 g/mol. The Labute approximate surface area is 144 Å². The first-order chi connectivity index (χ1) is 11.8. The van der Waals surface area contributed by atoms with E-state index in [1.165, 1.54) is 4.88 Å². The van der Waals surface area contributed by atoms with E-state index in [9.17, 15) is 5.11 Å². The number of aliphatic hydroxyl groups is 1. The van der Waals surface area contributed by atoms with Crippen molar-refractivity contribution in [2.75, 3.05) is 13.4 Å². The molecular weight excluding hydrogens is 324 g/mol. The van der Waals surface area contributed by atoms with Crippen molar-refractivity contribution in [3.8, 4) is 22.9 Å². The van der Waals surface area contributed by atoms with Crippen molar-refractivity contribution in [1.29, 1.82) is 0 Å². The first-order valence-electron chi connectivity index (χ1n) is 7.88. The molecule has 3 heterocycles. The summed E-state index contributed by atoms with van der Waals surface area (Å²) in [7, 11) is 0. The van der Waals surface area contributed by atoms with Gasteiger partial charge in [0, 0.05) is 41.9 Å². The normalized spacial score (nSPS) is 14.0. The lowest BCUT2D eigenvalue weighted by molar-refractivity contribution is 0.174. The topological polar surface area (TPSA) is 56.5 Å². The molecule has 0 amide bonds. The van der Waals surface area contributed by atoms with Crippen LogP contribution in [0.3, 0.4) is 0 Å². The predicted molar refractivity (Wildman–Crippen MR) is 92.4 cm³/mol. The maximum absolute atomic E-state index is 9.75. The molecule has 1 N–H and O–H groups in total. The molecule has 1 aromatic carbocycles. The zero-order chi connectivity index (χ0) is 16.4. The van der Waals surface area contributed by atoms with E-state index in [4.69, 9.17) is 9.47 Å². The van der Waals surface area contributed by atoms with E-state index in [0.29, 0.717) is 0 Å². The van der Waals surface area contributed by atoms with Gasteiger partial charge in [-0.2, -0.15) is 0 Å². The summed E-state index contributed by atoms with van der Waals surface area (Å²) in [6.45, 7) is 1.13. The first kappa shape index (κ1) is 15.2. The van der Waals surface area contributed by atoms with Crippen molar-refractivity contribution >= 4 is 11.3 Å². The van der Waals surface area contributed by atoms with E-state index in [0.717, 1.165) is 35.9 Å². The Balaban J connectivity index is 1.55. The lowest BCUT2D eigenvalue weighted by atomic mass is 10.1. The average molecular weight is 342 g/mol. The lowest BCUT2D eigenvalue weighted by Gasteiger charge is -2.16. The number of thiophene rings is 1. The van der Waals surface area contributed by atoms with Crippen molar-refractivity contribution < 1.29 is 14.6 Å². The number of hydrogen-bond donors (Lipinski definition) is 1. The highest BCUT2D eigenvalue weighted by Gasteiger charge is 2.17. The summed E-state index contributed by atoms with van der Waals surface area (Å²) in [6.07, 6.45) is 4.61. The number of aliphatic hydroxyl groups excluding tert-OH is 1. The number of fused-ring (bicyclic) bond motifs is 1. The van der Waals surface area contributed by atoms with E-state index in [1.807, 2.05) is 30.5 Å². The molecule has 1 aliphatic heterocycles. The highest BCUT2D eigenvalue weighted by molar-refractivity contribution is 7.09. The van der Waals surface area contributed by atoms with Crippen LogP contribution >= 0.6 is 11.3 Å². The molecule has 1 aliphatic rings. The van der Waals surface area contributed by atoms with Crippen LogP contribution in [0.5, 0.6) is 11.5 Å². The maximum atomic E-state index is 9.75. The third kappa shape index (κ3) is 3.02. The Morgan fingerprint density at radius 1 is 1.25 bits per heavy atom. The van der Waals surface area contributed by atoms with Gasteiger partial charge in [0.25, 0.3) is 0 Å². The fourth-order valence-electron chi connectivity index (χ4n) is 2.93. The molecule has 24 heavy (non-hydrogen) atoms. The van der Waals surface area contributed by atoms with E-state index in [-0.39, 0.29) is 19.3 Å². The van der Waals surface area contributed by atoms with Crippen molar-refractivity contribution in [3.63, 3.8) is 0 Å². The minimum absolute atomic E-state index is 0.149. The second-order valence-electron chi connectivity index (χ2n) is 5.80. The average Bonchev–Trinajstić information content (AvgIpc) is 3.35. The van der Waals surface area contributed by atoms with Crippen LogP contribution in [0, 0.1) is 5.92 Å². The number of imidazole rings is 1. The molecule has 2 aromatic heterocycles. The molecule has 0 bridgehead atoms. The second-order valence-corrected chi connectivity index (χ2v) is 6.84. The fourth-order valence-corrected chi connectivity index (χ4v) is 3.75. The molecule has 5 nitrogen and oxygen atoms in total. The molecule has 124 valence electrons. The van der Waals surface area contributed by atoms with Gasteiger partial charge in [0.2, 0.25) is 6.79 Å². The van der Waals surface area contributed by atoms with Gasteiger partial charge >= 0.3 is 0 Å². The second kappa shape index (κ2) is 6.67. The molecule has 0 saturated heterocycles. The first-order valence-corrected chi connectivity index (χ1v) is 8.76. The smallest absolute Gasteiger partial charge is 0.231 e. The minimum atomic E-state index is 0.149. The summed E-state index contributed by atoms with van der Waals surface area (Å²) in [5.41, 5.74) is 0.983. The molecule has 3 aromatic rings. The van der Waals surface area contributed by atoms with Crippen LogP contribution in [0.25, 0.3) is 11.4 Å². The van der Waals surface area contributed by atoms with Crippen molar-refractivity contribution in [1.82, 2.24) is 9.55 Å². The van der Waals surface area contributed by atoms with Crippen LogP contribution in [0.1, 0.15) is 4.88 Å². The highest BCUT2D eigenvalue weighted by atomic mass is 32.1. The highest BCUT2D eigenvalue weighted by Crippen LogP contribution is 2.35. The standard InChI is InChI=1S/C18H18N2O3S/c21-11-13(8-15-2-1-7-24-15)10-20-6-5-19-18(20)14-3-4-16-17(9-14)23-12-22-16/h1-7,9,13,21H,8,10-12H2/t13-/m0/s1. The van der Waals surface area contributed by atoms with Gasteiger partial charge < -0.3 is 19.1 Å². The minimum Gasteiger partial charge on any atom is -0.454 e. The summed E-state index contributed by atoms with van der Waals surface area (Å²) in [6, 6.07) is 10.0. The quantitative estimate of drug-likeness (QED) is 0.747. The third-order valence-corrected chi connectivity index (χ3v) is 5.03. The van der Waals surface area contributed by atoms with Gasteiger partial charge in [-0.05, 0) is 36.1 Å². The number of rotatable bonds is 6. The molecule has 0 unspecified atom stereocenters. The maximum Gasteiger partial charge on any atom is 0.231 e. The van der Waals surface area contributed by atoms with Crippen molar-refractivity contribution in [2.45, 2.75) is 13.0 Å². The van der Waals surface area contributed by atoms with Crippen LogP contribution < -0.4 is 9.47 Å².